The zero-order valence-electron chi connectivity index (χ0n) is 21.5. The predicted octanol–water partition coefficient (Wildman–Crippen LogP) is 10.1. The van der Waals surface area contributed by atoms with E-state index in [1.54, 1.807) is 24.0 Å². The minimum absolute atomic E-state index is 0.838. The van der Waals surface area contributed by atoms with E-state index in [0.29, 0.717) is 0 Å². The lowest BCUT2D eigenvalue weighted by molar-refractivity contribution is 0.142. The summed E-state index contributed by atoms with van der Waals surface area (Å²) in [6.45, 7) is 4.72. The molecule has 3 aliphatic rings. The summed E-state index contributed by atoms with van der Waals surface area (Å²) in [7, 11) is 0. The molecular weight excluding hydrogens is 384 g/mol. The Morgan fingerprint density at radius 2 is 1.12 bits per heavy atom. The number of rotatable bonds is 9. The van der Waals surface area contributed by atoms with Gasteiger partial charge in [0.1, 0.15) is 0 Å². The monoisotopic (exact) mass is 436 g/mol. The Morgan fingerprint density at radius 1 is 0.594 bits per heavy atom. The first kappa shape index (κ1) is 24.3. The van der Waals surface area contributed by atoms with Crippen LogP contribution in [-0.4, -0.2) is 0 Å². The highest BCUT2D eigenvalue weighted by Gasteiger charge is 2.30. The van der Waals surface area contributed by atoms with Crippen LogP contribution < -0.4 is 0 Å². The first-order chi connectivity index (χ1) is 15.7. The van der Waals surface area contributed by atoms with Crippen molar-refractivity contribution >= 4 is 0 Å². The van der Waals surface area contributed by atoms with Crippen LogP contribution in [0, 0.1) is 29.6 Å². The second-order valence-corrected chi connectivity index (χ2v) is 12.1. The van der Waals surface area contributed by atoms with E-state index < -0.39 is 0 Å². The Labute approximate surface area is 200 Å². The van der Waals surface area contributed by atoms with Crippen LogP contribution in [0.3, 0.4) is 0 Å². The minimum Gasteiger partial charge on any atom is -0.0654 e. The molecule has 0 heterocycles. The fourth-order valence-corrected chi connectivity index (χ4v) is 7.62. The Morgan fingerprint density at radius 3 is 1.69 bits per heavy atom. The van der Waals surface area contributed by atoms with E-state index in [4.69, 9.17) is 0 Å². The third kappa shape index (κ3) is 6.87. The SMILES string of the molecule is CCCC[C@H]1CC[C@H](c2ccc(CC[C@H]3CC[C@H]([C@H]4CC[C@H](CC)CC4)CC3)cc2)CC1. The van der Waals surface area contributed by atoms with E-state index in [1.807, 2.05) is 0 Å². The fraction of sp³-hybridized carbons (Fsp3) is 0.812. The molecule has 0 amide bonds. The first-order valence-corrected chi connectivity index (χ1v) is 14.8. The Hall–Kier alpha value is -0.780. The summed E-state index contributed by atoms with van der Waals surface area (Å²) >= 11 is 0. The molecule has 1 aromatic carbocycles. The first-order valence-electron chi connectivity index (χ1n) is 14.8. The number of unbranched alkanes of at least 4 members (excludes halogenated alkanes) is 1. The molecular formula is C32H52. The minimum atomic E-state index is 0.838. The van der Waals surface area contributed by atoms with E-state index in [9.17, 15) is 0 Å². The normalized spacial score (nSPS) is 33.8. The van der Waals surface area contributed by atoms with Crippen LogP contribution in [0.25, 0.3) is 0 Å². The molecule has 1 aromatic rings. The molecule has 3 fully saturated rings. The standard InChI is InChI=1S/C32H52/c1-3-5-6-26-11-19-30(20-12-26)32-23-15-28(16-24-32)8-7-27-13-21-31(22-14-27)29-17-9-25(4-2)10-18-29/h15-16,23-27,29-31H,3-14,17-22H2,1-2H3/t25-,26-,27-,29-,30-,31-. The van der Waals surface area contributed by atoms with Gasteiger partial charge in [0, 0.05) is 0 Å². The molecule has 3 aliphatic carbocycles. The Balaban J connectivity index is 1.14. The summed E-state index contributed by atoms with van der Waals surface area (Å²) in [5.41, 5.74) is 3.21. The van der Waals surface area contributed by atoms with E-state index >= 15 is 0 Å². The van der Waals surface area contributed by atoms with Crippen LogP contribution >= 0.6 is 0 Å². The Bertz CT molecular complexity index is 619. The van der Waals surface area contributed by atoms with Crippen molar-refractivity contribution in [3.8, 4) is 0 Å². The summed E-state index contributed by atoms with van der Waals surface area (Å²) in [5.74, 6) is 6.05. The highest BCUT2D eigenvalue weighted by molar-refractivity contribution is 5.26. The van der Waals surface area contributed by atoms with E-state index in [1.165, 1.54) is 103 Å². The van der Waals surface area contributed by atoms with Gasteiger partial charge in [0.05, 0.1) is 0 Å². The van der Waals surface area contributed by atoms with E-state index in [2.05, 4.69) is 38.1 Å². The van der Waals surface area contributed by atoms with Gasteiger partial charge >= 0.3 is 0 Å². The topological polar surface area (TPSA) is 0 Å². The smallest absolute Gasteiger partial charge is 0.0162 e. The molecule has 0 bridgehead atoms. The summed E-state index contributed by atoms with van der Waals surface area (Å²) < 4.78 is 0. The fourth-order valence-electron chi connectivity index (χ4n) is 7.62. The molecule has 0 aliphatic heterocycles. The molecule has 180 valence electrons. The maximum atomic E-state index is 2.48. The van der Waals surface area contributed by atoms with Gasteiger partial charge in [0.25, 0.3) is 0 Å². The van der Waals surface area contributed by atoms with Crippen molar-refractivity contribution < 1.29 is 0 Å². The van der Waals surface area contributed by atoms with Crippen molar-refractivity contribution in [3.05, 3.63) is 35.4 Å². The molecule has 0 nitrogen and oxygen atoms in total. The van der Waals surface area contributed by atoms with Crippen molar-refractivity contribution in [2.24, 2.45) is 29.6 Å². The average Bonchev–Trinajstić information content (AvgIpc) is 2.87. The lowest BCUT2D eigenvalue weighted by Crippen LogP contribution is -2.25. The number of hydrogen-bond acceptors (Lipinski definition) is 0. The molecule has 0 aromatic heterocycles. The lowest BCUT2D eigenvalue weighted by atomic mass is 9.68. The number of aryl methyl sites for hydroxylation is 1. The number of hydrogen-bond donors (Lipinski definition) is 0. The second kappa shape index (κ2) is 12.6. The average molecular weight is 437 g/mol. The molecule has 0 saturated heterocycles. The highest BCUT2D eigenvalue weighted by Crippen LogP contribution is 2.43. The zero-order valence-corrected chi connectivity index (χ0v) is 21.5. The molecule has 0 radical (unpaired) electrons. The summed E-state index contributed by atoms with van der Waals surface area (Å²) in [4.78, 5) is 0. The van der Waals surface area contributed by atoms with Crippen LogP contribution in [0.1, 0.15) is 140 Å². The summed E-state index contributed by atoms with van der Waals surface area (Å²) in [6.07, 6.45) is 26.4. The van der Waals surface area contributed by atoms with Crippen molar-refractivity contribution in [1.82, 2.24) is 0 Å². The van der Waals surface area contributed by atoms with E-state index in [-0.39, 0.29) is 0 Å². The lowest BCUT2D eigenvalue weighted by Gasteiger charge is -2.37. The van der Waals surface area contributed by atoms with Gasteiger partial charge in [-0.25, -0.2) is 0 Å². The molecule has 4 rings (SSSR count). The highest BCUT2D eigenvalue weighted by atomic mass is 14.4. The third-order valence-corrected chi connectivity index (χ3v) is 10.1. The van der Waals surface area contributed by atoms with Gasteiger partial charge in [-0.15, -0.1) is 0 Å². The van der Waals surface area contributed by atoms with Gasteiger partial charge < -0.3 is 0 Å². The van der Waals surface area contributed by atoms with Crippen molar-refractivity contribution in [1.29, 1.82) is 0 Å². The second-order valence-electron chi connectivity index (χ2n) is 12.1. The van der Waals surface area contributed by atoms with Gasteiger partial charge in [-0.2, -0.15) is 0 Å². The molecule has 0 spiro atoms. The molecule has 0 unspecified atom stereocenters. The van der Waals surface area contributed by atoms with Gasteiger partial charge in [-0.05, 0) is 111 Å². The van der Waals surface area contributed by atoms with Crippen molar-refractivity contribution in [3.63, 3.8) is 0 Å². The quantitative estimate of drug-likeness (QED) is 0.361. The van der Waals surface area contributed by atoms with Gasteiger partial charge in [0.15, 0.2) is 0 Å². The van der Waals surface area contributed by atoms with Crippen molar-refractivity contribution in [2.45, 2.75) is 135 Å². The largest absolute Gasteiger partial charge is 0.0654 e. The maximum Gasteiger partial charge on any atom is -0.0162 e. The van der Waals surface area contributed by atoms with Crippen LogP contribution in [-0.2, 0) is 6.42 Å². The van der Waals surface area contributed by atoms with Gasteiger partial charge in [-0.1, -0.05) is 89.5 Å². The van der Waals surface area contributed by atoms with Crippen molar-refractivity contribution in [2.75, 3.05) is 0 Å². The summed E-state index contributed by atoms with van der Waals surface area (Å²) in [6, 6.07) is 9.90. The third-order valence-electron chi connectivity index (χ3n) is 10.1. The molecule has 0 heteroatoms. The molecule has 3 saturated carbocycles. The number of benzene rings is 1. The molecule has 0 N–H and O–H groups in total. The van der Waals surface area contributed by atoms with Crippen LogP contribution in [0.5, 0.6) is 0 Å². The predicted molar refractivity (Wildman–Crippen MR) is 140 cm³/mol. The Kier molecular flexibility index (Phi) is 9.60. The van der Waals surface area contributed by atoms with Crippen LogP contribution in [0.4, 0.5) is 0 Å². The maximum absolute atomic E-state index is 2.48. The van der Waals surface area contributed by atoms with Gasteiger partial charge in [-0.3, -0.25) is 0 Å². The molecule has 0 atom stereocenters. The zero-order chi connectivity index (χ0) is 22.2. The van der Waals surface area contributed by atoms with Crippen LogP contribution in [0.2, 0.25) is 0 Å². The molecule has 32 heavy (non-hydrogen) atoms. The van der Waals surface area contributed by atoms with Gasteiger partial charge in [0.2, 0.25) is 0 Å². The summed E-state index contributed by atoms with van der Waals surface area (Å²) in [5, 5.41) is 0. The van der Waals surface area contributed by atoms with E-state index in [0.717, 1.165) is 35.5 Å². The van der Waals surface area contributed by atoms with Crippen LogP contribution in [0.15, 0.2) is 24.3 Å².